The standard InChI is InChI=1S/C13H19FN2/c1-11-6-9-16(8-3-7-15-11)13-5-2-4-12(14)10-13/h2,4-5,10-11,15H,3,6-9H2,1H3. The molecule has 1 unspecified atom stereocenters. The van der Waals surface area contributed by atoms with Gasteiger partial charge < -0.3 is 10.2 Å². The van der Waals surface area contributed by atoms with Crippen LogP contribution in [0.25, 0.3) is 0 Å². The highest BCUT2D eigenvalue weighted by Gasteiger charge is 2.12. The van der Waals surface area contributed by atoms with Crippen LogP contribution >= 0.6 is 0 Å². The van der Waals surface area contributed by atoms with E-state index in [0.29, 0.717) is 6.04 Å². The van der Waals surface area contributed by atoms with Gasteiger partial charge in [0.25, 0.3) is 0 Å². The second-order valence-corrected chi connectivity index (χ2v) is 4.46. The minimum atomic E-state index is -0.147. The van der Waals surface area contributed by atoms with E-state index in [1.807, 2.05) is 6.07 Å². The topological polar surface area (TPSA) is 15.3 Å². The van der Waals surface area contributed by atoms with Crippen LogP contribution in [0.4, 0.5) is 10.1 Å². The third-order valence-corrected chi connectivity index (χ3v) is 3.10. The lowest BCUT2D eigenvalue weighted by Gasteiger charge is -2.29. The van der Waals surface area contributed by atoms with Crippen molar-refractivity contribution in [3.05, 3.63) is 30.1 Å². The molecule has 0 spiro atoms. The van der Waals surface area contributed by atoms with Gasteiger partial charge in [-0.1, -0.05) is 6.07 Å². The molecule has 3 heteroatoms. The van der Waals surface area contributed by atoms with Crippen LogP contribution in [-0.2, 0) is 0 Å². The molecule has 0 radical (unpaired) electrons. The van der Waals surface area contributed by atoms with Crippen molar-refractivity contribution in [3.63, 3.8) is 0 Å². The Kier molecular flexibility index (Phi) is 3.78. The molecule has 1 aromatic carbocycles. The van der Waals surface area contributed by atoms with E-state index < -0.39 is 0 Å². The van der Waals surface area contributed by atoms with E-state index in [1.165, 1.54) is 6.07 Å². The van der Waals surface area contributed by atoms with E-state index in [1.54, 1.807) is 12.1 Å². The van der Waals surface area contributed by atoms with Crippen molar-refractivity contribution in [2.24, 2.45) is 0 Å². The van der Waals surface area contributed by atoms with Crippen molar-refractivity contribution in [2.75, 3.05) is 24.5 Å². The Balaban J connectivity index is 2.06. The Morgan fingerprint density at radius 1 is 1.38 bits per heavy atom. The molecule has 1 aromatic rings. The third kappa shape index (κ3) is 2.95. The van der Waals surface area contributed by atoms with Gasteiger partial charge in [0, 0.05) is 24.8 Å². The number of hydrogen-bond acceptors (Lipinski definition) is 2. The summed E-state index contributed by atoms with van der Waals surface area (Å²) in [6.07, 6.45) is 2.22. The minimum absolute atomic E-state index is 0.147. The summed E-state index contributed by atoms with van der Waals surface area (Å²) in [4.78, 5) is 2.28. The number of hydrogen-bond donors (Lipinski definition) is 1. The van der Waals surface area contributed by atoms with Crippen LogP contribution in [0.3, 0.4) is 0 Å². The maximum Gasteiger partial charge on any atom is 0.125 e. The molecule has 0 aromatic heterocycles. The maximum absolute atomic E-state index is 13.1. The molecule has 0 amide bonds. The van der Waals surface area contributed by atoms with Crippen LogP contribution in [0.1, 0.15) is 19.8 Å². The van der Waals surface area contributed by atoms with Crippen LogP contribution in [0, 0.1) is 5.82 Å². The van der Waals surface area contributed by atoms with Gasteiger partial charge in [0.15, 0.2) is 0 Å². The van der Waals surface area contributed by atoms with Gasteiger partial charge in [0.1, 0.15) is 5.82 Å². The third-order valence-electron chi connectivity index (χ3n) is 3.10. The molecule has 16 heavy (non-hydrogen) atoms. The first-order valence-corrected chi connectivity index (χ1v) is 5.99. The summed E-state index contributed by atoms with van der Waals surface area (Å²) < 4.78 is 13.1. The highest BCUT2D eigenvalue weighted by Crippen LogP contribution is 2.17. The zero-order valence-corrected chi connectivity index (χ0v) is 9.75. The van der Waals surface area contributed by atoms with Gasteiger partial charge in [-0.05, 0) is 44.5 Å². The Hall–Kier alpha value is -1.09. The van der Waals surface area contributed by atoms with Crippen molar-refractivity contribution in [2.45, 2.75) is 25.8 Å². The van der Waals surface area contributed by atoms with Gasteiger partial charge in [-0.3, -0.25) is 0 Å². The van der Waals surface area contributed by atoms with Crippen molar-refractivity contribution in [1.82, 2.24) is 5.32 Å². The maximum atomic E-state index is 13.1. The summed E-state index contributed by atoms with van der Waals surface area (Å²) in [5.41, 5.74) is 1.01. The van der Waals surface area contributed by atoms with Gasteiger partial charge in [-0.25, -0.2) is 4.39 Å². The number of halogens is 1. The lowest BCUT2D eigenvalue weighted by atomic mass is 10.1. The predicted molar refractivity (Wildman–Crippen MR) is 65.3 cm³/mol. The van der Waals surface area contributed by atoms with Crippen LogP contribution in [0.2, 0.25) is 0 Å². The summed E-state index contributed by atoms with van der Waals surface area (Å²) >= 11 is 0. The molecule has 0 aliphatic carbocycles. The fraction of sp³-hybridized carbons (Fsp3) is 0.538. The largest absolute Gasteiger partial charge is 0.371 e. The second kappa shape index (κ2) is 5.30. The lowest BCUT2D eigenvalue weighted by molar-refractivity contribution is 0.474. The highest BCUT2D eigenvalue weighted by atomic mass is 19.1. The van der Waals surface area contributed by atoms with E-state index in [0.717, 1.165) is 38.2 Å². The number of benzene rings is 1. The van der Waals surface area contributed by atoms with Crippen LogP contribution in [-0.4, -0.2) is 25.7 Å². The average molecular weight is 222 g/mol. The van der Waals surface area contributed by atoms with Crippen LogP contribution < -0.4 is 10.2 Å². The van der Waals surface area contributed by atoms with E-state index in [-0.39, 0.29) is 5.82 Å². The summed E-state index contributed by atoms with van der Waals surface area (Å²) in [6.45, 7) is 5.25. The van der Waals surface area contributed by atoms with E-state index >= 15 is 0 Å². The number of anilines is 1. The first-order chi connectivity index (χ1) is 7.75. The Morgan fingerprint density at radius 2 is 2.25 bits per heavy atom. The Bertz CT molecular complexity index is 340. The van der Waals surface area contributed by atoms with Gasteiger partial charge >= 0.3 is 0 Å². The van der Waals surface area contributed by atoms with Gasteiger partial charge in [-0.15, -0.1) is 0 Å². The van der Waals surface area contributed by atoms with E-state index in [2.05, 4.69) is 17.1 Å². The molecule has 1 fully saturated rings. The van der Waals surface area contributed by atoms with Gasteiger partial charge in [0.05, 0.1) is 0 Å². The molecule has 88 valence electrons. The molecule has 0 bridgehead atoms. The average Bonchev–Trinajstić information content (AvgIpc) is 2.24. The smallest absolute Gasteiger partial charge is 0.125 e. The molecular formula is C13H19FN2. The van der Waals surface area contributed by atoms with Crippen molar-refractivity contribution in [3.8, 4) is 0 Å². The first kappa shape index (κ1) is 11.4. The summed E-state index contributed by atoms with van der Waals surface area (Å²) in [6, 6.07) is 7.45. The molecule has 1 N–H and O–H groups in total. The fourth-order valence-electron chi connectivity index (χ4n) is 2.11. The van der Waals surface area contributed by atoms with E-state index in [9.17, 15) is 4.39 Å². The first-order valence-electron chi connectivity index (χ1n) is 5.99. The SMILES string of the molecule is CC1CCN(c2cccc(F)c2)CCCN1. The zero-order valence-electron chi connectivity index (χ0n) is 9.75. The molecule has 1 atom stereocenters. The summed E-state index contributed by atoms with van der Waals surface area (Å²) in [7, 11) is 0. The minimum Gasteiger partial charge on any atom is -0.371 e. The molecule has 1 saturated heterocycles. The zero-order chi connectivity index (χ0) is 11.4. The Labute approximate surface area is 96.5 Å². The normalized spacial score (nSPS) is 22.6. The van der Waals surface area contributed by atoms with Crippen molar-refractivity contribution >= 4 is 5.69 Å². The number of rotatable bonds is 1. The quantitative estimate of drug-likeness (QED) is 0.785. The van der Waals surface area contributed by atoms with E-state index in [4.69, 9.17) is 0 Å². The number of nitrogens with zero attached hydrogens (tertiary/aromatic N) is 1. The molecule has 2 nitrogen and oxygen atoms in total. The van der Waals surface area contributed by atoms with Crippen molar-refractivity contribution < 1.29 is 4.39 Å². The fourth-order valence-corrected chi connectivity index (χ4v) is 2.11. The summed E-state index contributed by atoms with van der Waals surface area (Å²) in [5, 5.41) is 3.47. The van der Waals surface area contributed by atoms with Gasteiger partial charge in [-0.2, -0.15) is 0 Å². The molecule has 1 aliphatic heterocycles. The molecule has 0 saturated carbocycles. The molecule has 1 aliphatic rings. The van der Waals surface area contributed by atoms with Gasteiger partial charge in [0.2, 0.25) is 0 Å². The predicted octanol–water partition coefficient (Wildman–Crippen LogP) is 2.40. The van der Waals surface area contributed by atoms with Crippen LogP contribution in [0.15, 0.2) is 24.3 Å². The van der Waals surface area contributed by atoms with Crippen LogP contribution in [0.5, 0.6) is 0 Å². The lowest BCUT2D eigenvalue weighted by Crippen LogP contribution is -2.38. The molecule has 1 heterocycles. The molecular weight excluding hydrogens is 203 g/mol. The Morgan fingerprint density at radius 3 is 3.06 bits per heavy atom. The molecule has 2 rings (SSSR count). The summed E-state index contributed by atoms with van der Waals surface area (Å²) in [5.74, 6) is -0.147. The second-order valence-electron chi connectivity index (χ2n) is 4.46. The highest BCUT2D eigenvalue weighted by molar-refractivity contribution is 5.46. The monoisotopic (exact) mass is 222 g/mol. The number of nitrogens with one attached hydrogen (secondary N) is 1. The van der Waals surface area contributed by atoms with Crippen molar-refractivity contribution in [1.29, 1.82) is 0 Å².